The van der Waals surface area contributed by atoms with Crippen molar-refractivity contribution in [1.82, 2.24) is 25.3 Å². The van der Waals surface area contributed by atoms with Gasteiger partial charge in [-0.05, 0) is 29.0 Å². The molecule has 0 spiro atoms. The Hall–Kier alpha value is -1.43. The van der Waals surface area contributed by atoms with E-state index in [4.69, 9.17) is 11.6 Å². The van der Waals surface area contributed by atoms with Crippen molar-refractivity contribution in [1.29, 1.82) is 0 Å². The Bertz CT molecular complexity index is 441. The molecule has 80 valence electrons. The van der Waals surface area contributed by atoms with Gasteiger partial charge in [-0.15, -0.1) is 26.4 Å². The minimum absolute atomic E-state index is 0.108. The Balaban J connectivity index is 2.08. The van der Waals surface area contributed by atoms with Gasteiger partial charge in [-0.2, -0.15) is 0 Å². The molecule has 15 heavy (non-hydrogen) atoms. The zero-order valence-corrected chi connectivity index (χ0v) is 9.02. The minimum atomic E-state index is 0.108. The summed E-state index contributed by atoms with van der Waals surface area (Å²) < 4.78 is 1.37. The fraction of sp³-hybridized carbons (Fsp3) is 0.500. The number of nitrogens with zero attached hydrogens (tertiary/aromatic N) is 5. The highest BCUT2D eigenvalue weighted by Gasteiger charge is 2.03. The molecule has 2 heterocycles. The van der Waals surface area contributed by atoms with Crippen molar-refractivity contribution < 1.29 is 0 Å². The van der Waals surface area contributed by atoms with Gasteiger partial charge < -0.3 is 5.32 Å². The van der Waals surface area contributed by atoms with Crippen LogP contribution in [0.5, 0.6) is 0 Å². The molecule has 0 saturated heterocycles. The molecular formula is C8H11ClN6. The van der Waals surface area contributed by atoms with Gasteiger partial charge in [0.1, 0.15) is 5.82 Å². The zero-order chi connectivity index (χ0) is 10.7. The average molecular weight is 227 g/mol. The van der Waals surface area contributed by atoms with Crippen molar-refractivity contribution in [2.75, 3.05) is 11.9 Å². The lowest BCUT2D eigenvalue weighted by atomic mass is 10.3. The number of alkyl halides is 1. The van der Waals surface area contributed by atoms with E-state index in [-0.39, 0.29) is 5.38 Å². The van der Waals surface area contributed by atoms with Gasteiger partial charge in [0.05, 0.1) is 5.38 Å². The van der Waals surface area contributed by atoms with Gasteiger partial charge in [0.2, 0.25) is 0 Å². The van der Waals surface area contributed by atoms with E-state index in [0.717, 1.165) is 6.42 Å². The highest BCUT2D eigenvalue weighted by Crippen LogP contribution is 2.06. The lowest BCUT2D eigenvalue weighted by molar-refractivity contribution is 0.731. The Kier molecular flexibility index (Phi) is 2.96. The average Bonchev–Trinajstić information content (AvgIpc) is 2.72. The van der Waals surface area contributed by atoms with Crippen LogP contribution in [0.3, 0.4) is 0 Å². The first-order valence-corrected chi connectivity index (χ1v) is 5.16. The predicted octanol–water partition coefficient (Wildman–Crippen LogP) is 0.949. The number of nitrogens with one attached hydrogen (secondary N) is 1. The second-order valence-electron chi connectivity index (χ2n) is 3.13. The predicted molar refractivity (Wildman–Crippen MR) is 57.0 cm³/mol. The third-order valence-corrected chi connectivity index (χ3v) is 2.48. The van der Waals surface area contributed by atoms with Crippen molar-refractivity contribution in [3.63, 3.8) is 0 Å². The Morgan fingerprint density at radius 1 is 1.53 bits per heavy atom. The molecule has 6 nitrogen and oxygen atoms in total. The number of hydrogen-bond acceptors (Lipinski definition) is 5. The highest BCUT2D eigenvalue weighted by atomic mass is 35.5. The molecule has 2 aromatic rings. The van der Waals surface area contributed by atoms with E-state index in [9.17, 15) is 0 Å². The number of hydrogen-bond donors (Lipinski definition) is 1. The van der Waals surface area contributed by atoms with Crippen LogP contribution in [0, 0.1) is 0 Å². The van der Waals surface area contributed by atoms with Gasteiger partial charge in [0.15, 0.2) is 5.65 Å². The standard InChI is InChI=1S/C8H11ClN6/c1-2-6(9)5-10-7-3-4-8-11-13-14-15(8)12-7/h3-4,6H,2,5H2,1H3,(H,10,12). The minimum Gasteiger partial charge on any atom is -0.367 e. The summed E-state index contributed by atoms with van der Waals surface area (Å²) in [7, 11) is 0. The first-order valence-electron chi connectivity index (χ1n) is 4.73. The van der Waals surface area contributed by atoms with E-state index in [1.165, 1.54) is 4.63 Å². The van der Waals surface area contributed by atoms with E-state index >= 15 is 0 Å². The summed E-state index contributed by atoms with van der Waals surface area (Å²) in [5.74, 6) is 0.717. The lowest BCUT2D eigenvalue weighted by Crippen LogP contribution is -2.14. The molecule has 0 aliphatic carbocycles. The molecule has 2 aromatic heterocycles. The molecule has 0 amide bonds. The van der Waals surface area contributed by atoms with Gasteiger partial charge in [-0.1, -0.05) is 6.92 Å². The smallest absolute Gasteiger partial charge is 0.200 e. The summed E-state index contributed by atoms with van der Waals surface area (Å²) in [4.78, 5) is 0. The fourth-order valence-corrected chi connectivity index (χ4v) is 1.18. The molecule has 1 N–H and O–H groups in total. The Morgan fingerprint density at radius 3 is 3.20 bits per heavy atom. The fourth-order valence-electron chi connectivity index (χ4n) is 1.10. The number of aromatic nitrogens is 5. The van der Waals surface area contributed by atoms with Crippen LogP contribution in [0.15, 0.2) is 12.1 Å². The SMILES string of the molecule is CCC(Cl)CNc1ccc2nnnn2n1. The largest absolute Gasteiger partial charge is 0.367 e. The number of anilines is 1. The molecular weight excluding hydrogens is 216 g/mol. The van der Waals surface area contributed by atoms with Gasteiger partial charge in [-0.25, -0.2) is 0 Å². The van der Waals surface area contributed by atoms with E-state index < -0.39 is 0 Å². The molecule has 0 aliphatic heterocycles. The number of fused-ring (bicyclic) bond motifs is 1. The summed E-state index contributed by atoms with van der Waals surface area (Å²) >= 11 is 5.97. The van der Waals surface area contributed by atoms with Crippen molar-refractivity contribution in [2.45, 2.75) is 18.7 Å². The van der Waals surface area contributed by atoms with Crippen molar-refractivity contribution >= 4 is 23.1 Å². The molecule has 0 aliphatic rings. The van der Waals surface area contributed by atoms with Crippen LogP contribution in [-0.2, 0) is 0 Å². The van der Waals surface area contributed by atoms with E-state index in [2.05, 4.69) is 25.9 Å². The first-order chi connectivity index (χ1) is 7.29. The van der Waals surface area contributed by atoms with Gasteiger partial charge in [-0.3, -0.25) is 0 Å². The van der Waals surface area contributed by atoms with Gasteiger partial charge in [0.25, 0.3) is 0 Å². The van der Waals surface area contributed by atoms with E-state index in [1.54, 1.807) is 6.07 Å². The molecule has 2 rings (SSSR count). The summed E-state index contributed by atoms with van der Waals surface area (Å²) in [6.07, 6.45) is 0.918. The molecule has 1 atom stereocenters. The quantitative estimate of drug-likeness (QED) is 0.787. The molecule has 1 unspecified atom stereocenters. The van der Waals surface area contributed by atoms with Crippen molar-refractivity contribution in [3.05, 3.63) is 12.1 Å². The number of rotatable bonds is 4. The maximum Gasteiger partial charge on any atom is 0.200 e. The summed E-state index contributed by atoms with van der Waals surface area (Å²) in [6, 6.07) is 3.62. The Morgan fingerprint density at radius 2 is 2.40 bits per heavy atom. The topological polar surface area (TPSA) is 68.0 Å². The monoisotopic (exact) mass is 226 g/mol. The van der Waals surface area contributed by atoms with Gasteiger partial charge in [0, 0.05) is 6.54 Å². The van der Waals surface area contributed by atoms with Crippen LogP contribution in [0.1, 0.15) is 13.3 Å². The van der Waals surface area contributed by atoms with Crippen LogP contribution in [-0.4, -0.2) is 37.2 Å². The highest BCUT2D eigenvalue weighted by molar-refractivity contribution is 6.20. The molecule has 0 saturated carbocycles. The van der Waals surface area contributed by atoms with Crippen LogP contribution in [0.25, 0.3) is 5.65 Å². The first kappa shape index (κ1) is 10.1. The van der Waals surface area contributed by atoms with Crippen LogP contribution in [0.2, 0.25) is 0 Å². The van der Waals surface area contributed by atoms with Crippen molar-refractivity contribution in [3.8, 4) is 0 Å². The van der Waals surface area contributed by atoms with Crippen LogP contribution in [0.4, 0.5) is 5.82 Å². The van der Waals surface area contributed by atoms with Gasteiger partial charge >= 0.3 is 0 Å². The second-order valence-corrected chi connectivity index (χ2v) is 3.75. The summed E-state index contributed by atoms with van der Waals surface area (Å²) in [5, 5.41) is 18.3. The molecule has 0 radical (unpaired) electrons. The van der Waals surface area contributed by atoms with E-state index in [1.807, 2.05) is 13.0 Å². The normalized spacial score (nSPS) is 12.9. The maximum atomic E-state index is 5.97. The second kappa shape index (κ2) is 4.39. The third kappa shape index (κ3) is 2.33. The third-order valence-electron chi connectivity index (χ3n) is 2.02. The zero-order valence-electron chi connectivity index (χ0n) is 8.26. The molecule has 0 aromatic carbocycles. The molecule has 7 heteroatoms. The van der Waals surface area contributed by atoms with E-state index in [0.29, 0.717) is 18.0 Å². The molecule has 0 bridgehead atoms. The van der Waals surface area contributed by atoms with Crippen LogP contribution >= 0.6 is 11.6 Å². The summed E-state index contributed by atoms with van der Waals surface area (Å²) in [5.41, 5.74) is 0.624. The number of tetrazole rings is 1. The Labute approximate surface area is 91.6 Å². The summed E-state index contributed by atoms with van der Waals surface area (Å²) in [6.45, 7) is 2.72. The maximum absolute atomic E-state index is 5.97. The van der Waals surface area contributed by atoms with Crippen LogP contribution < -0.4 is 5.32 Å². The number of halogens is 1. The van der Waals surface area contributed by atoms with Crippen molar-refractivity contribution in [2.24, 2.45) is 0 Å². The lowest BCUT2D eigenvalue weighted by Gasteiger charge is -2.08. The molecule has 0 fully saturated rings.